The van der Waals surface area contributed by atoms with Gasteiger partial charge in [0.25, 0.3) is 11.8 Å². The molecular formula is C23H30N6O5S2. The van der Waals surface area contributed by atoms with Gasteiger partial charge in [-0.05, 0) is 18.7 Å². The number of carbonyl (C=O) groups excluding carboxylic acids is 4. The SMILES string of the molecule is C=CC1=C(C(=O)OCCN(CC)CC)N2C(=O)[C@@H](NC(=O)C(=NC)c3csc(NC(C)=O)n3)C2SC1. The Morgan fingerprint density at radius 1 is 1.36 bits per heavy atom. The Morgan fingerprint density at radius 2 is 2.08 bits per heavy atom. The van der Waals surface area contributed by atoms with E-state index in [1.165, 1.54) is 30.6 Å². The Bertz CT molecular complexity index is 1110. The van der Waals surface area contributed by atoms with Crippen LogP contribution < -0.4 is 10.6 Å². The molecule has 3 rings (SSSR count). The molecule has 2 atom stereocenters. The molecule has 13 heteroatoms. The molecule has 3 heterocycles. The highest BCUT2D eigenvalue weighted by Gasteiger charge is 2.54. The van der Waals surface area contributed by atoms with E-state index in [-0.39, 0.29) is 29.6 Å². The number of β-lactam (4-membered cyclic amide) rings is 1. The summed E-state index contributed by atoms with van der Waals surface area (Å²) in [5.41, 5.74) is 1.11. The lowest BCUT2D eigenvalue weighted by Crippen LogP contribution is -2.71. The number of nitrogens with one attached hydrogen (secondary N) is 2. The topological polar surface area (TPSA) is 133 Å². The second kappa shape index (κ2) is 12.3. The molecule has 194 valence electrons. The number of allylic oxidation sites excluding steroid dienone is 1. The number of ether oxygens (including phenoxy) is 1. The summed E-state index contributed by atoms with van der Waals surface area (Å²) in [5, 5.41) is 6.76. The van der Waals surface area contributed by atoms with Crippen LogP contribution in [-0.2, 0) is 23.9 Å². The van der Waals surface area contributed by atoms with Crippen molar-refractivity contribution in [2.75, 3.05) is 44.4 Å². The summed E-state index contributed by atoms with van der Waals surface area (Å²) < 4.78 is 5.48. The summed E-state index contributed by atoms with van der Waals surface area (Å²) in [6.07, 6.45) is 1.56. The minimum atomic E-state index is -0.836. The summed E-state index contributed by atoms with van der Waals surface area (Å²) in [6, 6.07) is -0.836. The fourth-order valence-electron chi connectivity index (χ4n) is 3.80. The maximum absolute atomic E-state index is 13.1. The summed E-state index contributed by atoms with van der Waals surface area (Å²) in [5.74, 6) is -1.39. The number of amides is 3. The van der Waals surface area contributed by atoms with Gasteiger partial charge in [-0.3, -0.25) is 24.3 Å². The molecular weight excluding hydrogens is 504 g/mol. The van der Waals surface area contributed by atoms with Crippen LogP contribution in [0.25, 0.3) is 0 Å². The molecule has 11 nitrogen and oxygen atoms in total. The second-order valence-corrected chi connectivity index (χ2v) is 9.86. The van der Waals surface area contributed by atoms with Crippen LogP contribution >= 0.6 is 23.1 Å². The largest absolute Gasteiger partial charge is 0.460 e. The van der Waals surface area contributed by atoms with Gasteiger partial charge in [0.15, 0.2) is 5.13 Å². The normalized spacial score (nSPS) is 19.5. The molecule has 1 saturated heterocycles. The smallest absolute Gasteiger partial charge is 0.355 e. The van der Waals surface area contributed by atoms with Crippen molar-refractivity contribution in [3.8, 4) is 0 Å². The number of esters is 1. The Hall–Kier alpha value is -3.03. The van der Waals surface area contributed by atoms with E-state index in [2.05, 4.69) is 32.1 Å². The number of rotatable bonds is 11. The van der Waals surface area contributed by atoms with Crippen molar-refractivity contribution in [1.82, 2.24) is 20.1 Å². The minimum absolute atomic E-state index is 0.0354. The van der Waals surface area contributed by atoms with Crippen LogP contribution in [0, 0.1) is 0 Å². The van der Waals surface area contributed by atoms with E-state index in [1.807, 2.05) is 13.8 Å². The number of thiazole rings is 1. The first-order valence-electron chi connectivity index (χ1n) is 11.5. The van der Waals surface area contributed by atoms with Crippen LogP contribution in [0.1, 0.15) is 26.5 Å². The third-order valence-corrected chi connectivity index (χ3v) is 7.79. The van der Waals surface area contributed by atoms with Gasteiger partial charge in [0, 0.05) is 31.6 Å². The van der Waals surface area contributed by atoms with Gasteiger partial charge in [-0.1, -0.05) is 26.5 Å². The number of carbonyl (C=O) groups is 4. The lowest BCUT2D eigenvalue weighted by molar-refractivity contribution is -0.152. The Morgan fingerprint density at radius 3 is 2.69 bits per heavy atom. The fourth-order valence-corrected chi connectivity index (χ4v) is 5.88. The van der Waals surface area contributed by atoms with Crippen LogP contribution in [0.3, 0.4) is 0 Å². The molecule has 0 bridgehead atoms. The van der Waals surface area contributed by atoms with E-state index in [9.17, 15) is 19.2 Å². The first-order valence-corrected chi connectivity index (χ1v) is 13.4. The summed E-state index contributed by atoms with van der Waals surface area (Å²) in [7, 11) is 1.45. The Kier molecular flexibility index (Phi) is 9.40. The Balaban J connectivity index is 1.68. The lowest BCUT2D eigenvalue weighted by Gasteiger charge is -2.49. The first-order chi connectivity index (χ1) is 17.2. The molecule has 0 saturated carbocycles. The quantitative estimate of drug-likeness (QED) is 0.246. The van der Waals surface area contributed by atoms with Gasteiger partial charge >= 0.3 is 5.97 Å². The molecule has 3 amide bonds. The van der Waals surface area contributed by atoms with Crippen LogP contribution in [0.5, 0.6) is 0 Å². The number of aliphatic imine (C=N–C) groups is 1. The van der Waals surface area contributed by atoms with Crippen molar-refractivity contribution in [2.24, 2.45) is 4.99 Å². The van der Waals surface area contributed by atoms with Gasteiger partial charge in [0.2, 0.25) is 5.91 Å². The molecule has 2 N–H and O–H groups in total. The third kappa shape index (κ3) is 5.85. The Labute approximate surface area is 218 Å². The number of likely N-dealkylation sites (N-methyl/N-ethyl adjacent to an activating group) is 1. The number of thioether (sulfide) groups is 1. The monoisotopic (exact) mass is 534 g/mol. The van der Waals surface area contributed by atoms with E-state index in [0.29, 0.717) is 23.0 Å². The van der Waals surface area contributed by atoms with E-state index in [0.717, 1.165) is 24.4 Å². The third-order valence-electron chi connectivity index (χ3n) is 5.73. The molecule has 1 aromatic heterocycles. The van der Waals surface area contributed by atoms with Gasteiger partial charge in [-0.2, -0.15) is 0 Å². The zero-order valence-electron chi connectivity index (χ0n) is 20.7. The van der Waals surface area contributed by atoms with Crippen molar-refractivity contribution in [3.63, 3.8) is 0 Å². The van der Waals surface area contributed by atoms with E-state index < -0.39 is 29.2 Å². The fraction of sp³-hybridized carbons (Fsp3) is 0.478. The molecule has 2 aliphatic rings. The van der Waals surface area contributed by atoms with Gasteiger partial charge in [-0.15, -0.1) is 23.1 Å². The summed E-state index contributed by atoms with van der Waals surface area (Å²) in [4.78, 5) is 61.9. The van der Waals surface area contributed by atoms with Crippen molar-refractivity contribution in [1.29, 1.82) is 0 Å². The average Bonchev–Trinajstić information content (AvgIpc) is 3.31. The van der Waals surface area contributed by atoms with Crippen molar-refractivity contribution in [2.45, 2.75) is 32.2 Å². The van der Waals surface area contributed by atoms with Crippen LogP contribution in [0.2, 0.25) is 0 Å². The van der Waals surface area contributed by atoms with Crippen molar-refractivity contribution in [3.05, 3.63) is 35.0 Å². The predicted octanol–water partition coefficient (Wildman–Crippen LogP) is 1.25. The van der Waals surface area contributed by atoms with Crippen LogP contribution in [0.15, 0.2) is 34.3 Å². The number of anilines is 1. The molecule has 1 unspecified atom stereocenters. The number of hydrogen-bond acceptors (Lipinski definition) is 10. The number of nitrogens with zero attached hydrogens (tertiary/aromatic N) is 4. The zero-order chi connectivity index (χ0) is 26.4. The van der Waals surface area contributed by atoms with Crippen LogP contribution in [-0.4, -0.2) is 94.6 Å². The molecule has 2 aliphatic heterocycles. The summed E-state index contributed by atoms with van der Waals surface area (Å²) >= 11 is 2.59. The molecule has 36 heavy (non-hydrogen) atoms. The standard InChI is InChI=1S/C23H30N6O5S2/c1-6-14-11-35-21-17(20(32)29(21)18(14)22(33)34-10-9-28(7-2)8-3)27-19(31)16(24-5)15-12-36-23(26-15)25-13(4)30/h6,12,17,21H,1,7-11H2,2-5H3,(H,27,31)(H,25,26,30)/t17-,21?/m1/s1. The number of fused-ring (bicyclic) bond motifs is 1. The molecule has 0 aliphatic carbocycles. The maximum atomic E-state index is 13.1. The predicted molar refractivity (Wildman–Crippen MR) is 140 cm³/mol. The van der Waals surface area contributed by atoms with Gasteiger partial charge < -0.3 is 20.3 Å². The molecule has 0 spiro atoms. The van der Waals surface area contributed by atoms with Gasteiger partial charge in [0.1, 0.15) is 35.1 Å². The molecule has 1 aromatic rings. The summed E-state index contributed by atoms with van der Waals surface area (Å²) in [6.45, 7) is 11.7. The zero-order valence-corrected chi connectivity index (χ0v) is 22.3. The van der Waals surface area contributed by atoms with E-state index in [4.69, 9.17) is 4.74 Å². The van der Waals surface area contributed by atoms with E-state index in [1.54, 1.807) is 11.5 Å². The second-order valence-electron chi connectivity index (χ2n) is 7.89. The average molecular weight is 535 g/mol. The van der Waals surface area contributed by atoms with E-state index >= 15 is 0 Å². The number of hydrogen-bond donors (Lipinski definition) is 2. The van der Waals surface area contributed by atoms with Crippen LogP contribution in [0.4, 0.5) is 5.13 Å². The molecule has 1 fully saturated rings. The molecule has 0 radical (unpaired) electrons. The maximum Gasteiger partial charge on any atom is 0.355 e. The lowest BCUT2D eigenvalue weighted by atomic mass is 10.0. The minimum Gasteiger partial charge on any atom is -0.460 e. The molecule has 0 aromatic carbocycles. The number of aromatic nitrogens is 1. The van der Waals surface area contributed by atoms with Gasteiger partial charge in [0.05, 0.1) is 0 Å². The van der Waals surface area contributed by atoms with Gasteiger partial charge in [-0.25, -0.2) is 9.78 Å². The van der Waals surface area contributed by atoms with Crippen molar-refractivity contribution >= 4 is 57.6 Å². The highest BCUT2D eigenvalue weighted by molar-refractivity contribution is 8.00. The highest BCUT2D eigenvalue weighted by atomic mass is 32.2. The highest BCUT2D eigenvalue weighted by Crippen LogP contribution is 2.41. The first kappa shape index (κ1) is 27.6. The van der Waals surface area contributed by atoms with Crippen molar-refractivity contribution < 1.29 is 23.9 Å².